The summed E-state index contributed by atoms with van der Waals surface area (Å²) in [4.78, 5) is 4.32. The van der Waals surface area contributed by atoms with Crippen LogP contribution in [0.2, 0.25) is 0 Å². The van der Waals surface area contributed by atoms with E-state index in [-0.39, 0.29) is 11.8 Å². The first-order chi connectivity index (χ1) is 13.3. The molecule has 1 aromatic heterocycles. The van der Waals surface area contributed by atoms with Gasteiger partial charge in [-0.25, -0.2) is 4.39 Å². The van der Waals surface area contributed by atoms with Crippen LogP contribution < -0.4 is 0 Å². The van der Waals surface area contributed by atoms with E-state index in [9.17, 15) is 10.2 Å². The Kier molecular flexibility index (Phi) is 4.10. The Morgan fingerprint density at radius 2 is 2.00 bits per heavy atom. The van der Waals surface area contributed by atoms with E-state index < -0.39 is 23.3 Å². The number of nitrogens with zero attached hydrogens (tertiary/aromatic N) is 1. The van der Waals surface area contributed by atoms with Gasteiger partial charge >= 0.3 is 0 Å². The first kappa shape index (κ1) is 18.7. The fourth-order valence-corrected chi connectivity index (χ4v) is 7.75. The Morgan fingerprint density at radius 3 is 2.75 bits per heavy atom. The van der Waals surface area contributed by atoms with E-state index in [1.165, 1.54) is 11.1 Å². The summed E-state index contributed by atoms with van der Waals surface area (Å²) in [6.45, 7) is 4.47. The molecule has 4 heteroatoms. The molecule has 0 aromatic carbocycles. The minimum absolute atomic E-state index is 0.0594. The van der Waals surface area contributed by atoms with Gasteiger partial charge in [0.05, 0.1) is 6.10 Å². The van der Waals surface area contributed by atoms with Crippen LogP contribution in [0.15, 0.2) is 30.6 Å². The molecular weight excluding hydrogens is 353 g/mol. The van der Waals surface area contributed by atoms with Crippen molar-refractivity contribution in [3.63, 3.8) is 0 Å². The third-order valence-corrected chi connectivity index (χ3v) is 9.34. The molecule has 0 spiro atoms. The molecule has 3 saturated carbocycles. The van der Waals surface area contributed by atoms with Gasteiger partial charge in [0.2, 0.25) is 0 Å². The van der Waals surface area contributed by atoms with Crippen LogP contribution in [0.25, 0.3) is 5.57 Å². The van der Waals surface area contributed by atoms with Gasteiger partial charge in [-0.1, -0.05) is 26.0 Å². The molecule has 0 amide bonds. The van der Waals surface area contributed by atoms with E-state index in [1.54, 1.807) is 0 Å². The molecular formula is C24H32FNO2. The number of hydrogen-bond donors (Lipinski definition) is 2. The summed E-state index contributed by atoms with van der Waals surface area (Å²) < 4.78 is 15.5. The van der Waals surface area contributed by atoms with Gasteiger partial charge < -0.3 is 10.2 Å². The van der Waals surface area contributed by atoms with Crippen LogP contribution in [0.5, 0.6) is 0 Å². The molecule has 1 heterocycles. The molecule has 8 atom stereocenters. The van der Waals surface area contributed by atoms with Crippen molar-refractivity contribution < 1.29 is 14.6 Å². The minimum Gasteiger partial charge on any atom is -0.393 e. The Balaban J connectivity index is 1.49. The van der Waals surface area contributed by atoms with E-state index >= 15 is 4.39 Å². The van der Waals surface area contributed by atoms with Crippen LogP contribution in [0.4, 0.5) is 4.39 Å². The summed E-state index contributed by atoms with van der Waals surface area (Å²) in [7, 11) is 0. The van der Waals surface area contributed by atoms with Gasteiger partial charge in [-0.05, 0) is 78.9 Å². The summed E-state index contributed by atoms with van der Waals surface area (Å²) in [5.41, 5.74) is 0.820. The molecule has 0 saturated heterocycles. The predicted molar refractivity (Wildman–Crippen MR) is 107 cm³/mol. The third kappa shape index (κ3) is 2.31. The number of rotatable bonds is 1. The Bertz CT molecular complexity index is 797. The molecule has 3 fully saturated rings. The Labute approximate surface area is 167 Å². The van der Waals surface area contributed by atoms with Crippen LogP contribution in [0.1, 0.15) is 64.4 Å². The quantitative estimate of drug-likeness (QED) is 0.746. The lowest BCUT2D eigenvalue weighted by Crippen LogP contribution is -2.67. The van der Waals surface area contributed by atoms with Crippen LogP contribution in [0.3, 0.4) is 0 Å². The number of aromatic nitrogens is 1. The van der Waals surface area contributed by atoms with Gasteiger partial charge in [-0.2, -0.15) is 0 Å². The SMILES string of the molecule is C[C@]12CC[C@H]3[C@@H](CC(F)[C@]4(O)C[C@@H](O)CC[C@]34C)[C@@H]1CC=C2c1cccnc1. The summed E-state index contributed by atoms with van der Waals surface area (Å²) in [6, 6.07) is 4.13. The van der Waals surface area contributed by atoms with E-state index in [2.05, 4.69) is 31.0 Å². The maximum absolute atomic E-state index is 15.5. The van der Waals surface area contributed by atoms with Gasteiger partial charge in [0.1, 0.15) is 11.8 Å². The van der Waals surface area contributed by atoms with Crippen LogP contribution >= 0.6 is 0 Å². The van der Waals surface area contributed by atoms with Crippen molar-refractivity contribution in [3.8, 4) is 0 Å². The summed E-state index contributed by atoms with van der Waals surface area (Å²) in [5.74, 6) is 1.05. The van der Waals surface area contributed by atoms with Crippen LogP contribution in [-0.2, 0) is 0 Å². The van der Waals surface area contributed by atoms with E-state index in [4.69, 9.17) is 0 Å². The lowest BCUT2D eigenvalue weighted by Gasteiger charge is -2.64. The highest BCUT2D eigenvalue weighted by atomic mass is 19.1. The van der Waals surface area contributed by atoms with Gasteiger partial charge in [0.25, 0.3) is 0 Å². The van der Waals surface area contributed by atoms with Crippen molar-refractivity contribution in [1.29, 1.82) is 0 Å². The highest BCUT2D eigenvalue weighted by molar-refractivity contribution is 5.72. The topological polar surface area (TPSA) is 53.4 Å². The van der Waals surface area contributed by atoms with Gasteiger partial charge in [-0.3, -0.25) is 4.98 Å². The maximum Gasteiger partial charge on any atom is 0.130 e. The summed E-state index contributed by atoms with van der Waals surface area (Å²) in [5, 5.41) is 21.6. The molecule has 2 N–H and O–H groups in total. The average Bonchev–Trinajstić information content (AvgIpc) is 3.03. The second-order valence-electron chi connectivity index (χ2n) is 10.4. The zero-order valence-corrected chi connectivity index (χ0v) is 16.9. The lowest BCUT2D eigenvalue weighted by molar-refractivity contribution is -0.246. The lowest BCUT2D eigenvalue weighted by atomic mass is 9.42. The van der Waals surface area contributed by atoms with E-state index in [0.717, 1.165) is 25.7 Å². The van der Waals surface area contributed by atoms with Crippen molar-refractivity contribution in [3.05, 3.63) is 36.2 Å². The molecule has 0 aliphatic heterocycles. The molecule has 5 rings (SSSR count). The Morgan fingerprint density at radius 1 is 1.18 bits per heavy atom. The molecule has 4 aliphatic rings. The van der Waals surface area contributed by atoms with Crippen LogP contribution in [-0.4, -0.2) is 33.1 Å². The van der Waals surface area contributed by atoms with Crippen molar-refractivity contribution in [2.75, 3.05) is 0 Å². The molecule has 4 aliphatic carbocycles. The zero-order valence-electron chi connectivity index (χ0n) is 16.9. The largest absolute Gasteiger partial charge is 0.393 e. The second kappa shape index (κ2) is 6.12. The van der Waals surface area contributed by atoms with Gasteiger partial charge in [-0.15, -0.1) is 0 Å². The molecule has 152 valence electrons. The highest BCUT2D eigenvalue weighted by Gasteiger charge is 2.67. The summed E-state index contributed by atoms with van der Waals surface area (Å²) in [6.07, 6.45) is 9.40. The minimum atomic E-state index is -1.38. The van der Waals surface area contributed by atoms with Crippen molar-refractivity contribution >= 4 is 5.57 Å². The number of aliphatic hydroxyl groups excluding tert-OH is 1. The first-order valence-electron chi connectivity index (χ1n) is 11.0. The standard InChI is InChI=1S/C24H32FNO2/c1-22-9-8-20-17(19(22)6-5-18(22)15-4-3-11-26-14-15)12-21(25)24(28)13-16(27)7-10-23(20,24)2/h3-5,11,14,16-17,19-21,27-28H,6-10,12-13H2,1-2H3/t16-,17-,19-,20-,21?,22+,23+,24+/m0/s1. The molecule has 0 bridgehead atoms. The third-order valence-electron chi connectivity index (χ3n) is 9.34. The number of pyridine rings is 1. The monoisotopic (exact) mass is 385 g/mol. The average molecular weight is 386 g/mol. The number of hydrogen-bond acceptors (Lipinski definition) is 3. The normalized spacial score (nSPS) is 50.3. The summed E-state index contributed by atoms with van der Waals surface area (Å²) >= 11 is 0. The van der Waals surface area contributed by atoms with Crippen molar-refractivity contribution in [1.82, 2.24) is 4.98 Å². The molecule has 0 radical (unpaired) electrons. The fourth-order valence-electron chi connectivity index (χ4n) is 7.75. The molecule has 1 aromatic rings. The number of aliphatic hydroxyl groups is 2. The fraction of sp³-hybridized carbons (Fsp3) is 0.708. The number of halogens is 1. The number of allylic oxidation sites excluding steroid dienone is 2. The van der Waals surface area contributed by atoms with Crippen molar-refractivity contribution in [2.45, 2.75) is 76.7 Å². The molecule has 3 nitrogen and oxygen atoms in total. The second-order valence-corrected chi connectivity index (χ2v) is 10.4. The van der Waals surface area contributed by atoms with Crippen molar-refractivity contribution in [2.24, 2.45) is 28.6 Å². The maximum atomic E-state index is 15.5. The van der Waals surface area contributed by atoms with Crippen LogP contribution in [0, 0.1) is 28.6 Å². The van der Waals surface area contributed by atoms with Gasteiger partial charge in [0, 0.05) is 24.2 Å². The van der Waals surface area contributed by atoms with E-state index in [1.807, 2.05) is 18.5 Å². The first-order valence-corrected chi connectivity index (χ1v) is 11.0. The highest BCUT2D eigenvalue weighted by Crippen LogP contribution is 2.68. The molecule has 1 unspecified atom stereocenters. The van der Waals surface area contributed by atoms with Gasteiger partial charge in [0.15, 0.2) is 0 Å². The number of alkyl halides is 1. The number of fused-ring (bicyclic) bond motifs is 5. The Hall–Kier alpha value is -1.26. The van der Waals surface area contributed by atoms with E-state index in [0.29, 0.717) is 30.6 Å². The smallest absolute Gasteiger partial charge is 0.130 e. The zero-order chi connectivity index (χ0) is 19.7. The predicted octanol–water partition coefficient (Wildman–Crippen LogP) is 4.54. The molecule has 28 heavy (non-hydrogen) atoms.